The molecule has 1 unspecified atom stereocenters. The summed E-state index contributed by atoms with van der Waals surface area (Å²) < 4.78 is 0. The summed E-state index contributed by atoms with van der Waals surface area (Å²) in [6.45, 7) is 4.37. The van der Waals surface area contributed by atoms with E-state index >= 15 is 0 Å². The Labute approximate surface area is 126 Å². The molecule has 0 bridgehead atoms. The Morgan fingerprint density at radius 3 is 2.40 bits per heavy atom. The molecule has 0 heterocycles. The molecule has 1 aliphatic carbocycles. The Morgan fingerprint density at radius 2 is 1.95 bits per heavy atom. The van der Waals surface area contributed by atoms with Crippen molar-refractivity contribution >= 4 is 28.8 Å². The summed E-state index contributed by atoms with van der Waals surface area (Å²) in [6, 6.07) is 7.52. The van der Waals surface area contributed by atoms with E-state index in [1.165, 1.54) is 0 Å². The summed E-state index contributed by atoms with van der Waals surface area (Å²) in [7, 11) is 1.84. The summed E-state index contributed by atoms with van der Waals surface area (Å²) in [6.07, 6.45) is 3.25. The first-order valence-corrected chi connectivity index (χ1v) is 7.41. The lowest BCUT2D eigenvalue weighted by Gasteiger charge is -2.30. The number of amides is 1. The number of benzene rings is 1. The maximum absolute atomic E-state index is 12.7. The number of carbonyl (C=O) groups is 1. The molecule has 0 aliphatic heterocycles. The molecule has 0 saturated heterocycles. The van der Waals surface area contributed by atoms with Gasteiger partial charge in [0.05, 0.1) is 0 Å². The van der Waals surface area contributed by atoms with Gasteiger partial charge in [0, 0.05) is 24.2 Å². The van der Waals surface area contributed by atoms with E-state index in [0.717, 1.165) is 30.5 Å². The third-order valence-corrected chi connectivity index (χ3v) is 4.66. The van der Waals surface area contributed by atoms with E-state index < -0.39 is 0 Å². The molecule has 2 N–H and O–H groups in total. The second-order valence-electron chi connectivity index (χ2n) is 6.24. The topological polar surface area (TPSA) is 46.3 Å². The number of carbonyl (C=O) groups excluding carboxylic acids is 1. The summed E-state index contributed by atoms with van der Waals surface area (Å²) in [5.41, 5.74) is 7.40. The maximum atomic E-state index is 12.7. The predicted octanol–water partition coefficient (Wildman–Crippen LogP) is 3.11. The number of anilines is 1. The highest BCUT2D eigenvalue weighted by molar-refractivity contribution is 7.80. The maximum Gasteiger partial charge on any atom is 0.230 e. The first-order valence-electron chi connectivity index (χ1n) is 7.00. The molecule has 108 valence electrons. The molecule has 1 saturated carbocycles. The lowest BCUT2D eigenvalue weighted by Crippen LogP contribution is -2.37. The Bertz CT molecular complexity index is 522. The molecular weight excluding hydrogens is 268 g/mol. The van der Waals surface area contributed by atoms with Gasteiger partial charge in [0.1, 0.15) is 4.99 Å². The van der Waals surface area contributed by atoms with Crippen molar-refractivity contribution in [2.75, 3.05) is 11.9 Å². The lowest BCUT2D eigenvalue weighted by atomic mass is 9.81. The molecule has 0 spiro atoms. The van der Waals surface area contributed by atoms with Crippen LogP contribution in [0.3, 0.4) is 0 Å². The largest absolute Gasteiger partial charge is 0.389 e. The smallest absolute Gasteiger partial charge is 0.230 e. The third kappa shape index (κ3) is 2.85. The number of nitrogens with zero attached hydrogens (tertiary/aromatic N) is 1. The molecular formula is C16H22N2OS. The molecule has 3 nitrogen and oxygen atoms in total. The second-order valence-corrected chi connectivity index (χ2v) is 6.68. The molecule has 1 atom stereocenters. The SMILES string of the molecule is CN(C(=O)C1CCCC1(C)C)c1ccc(C(N)=S)cc1. The summed E-state index contributed by atoms with van der Waals surface area (Å²) in [4.78, 5) is 14.8. The van der Waals surface area contributed by atoms with E-state index in [9.17, 15) is 4.79 Å². The van der Waals surface area contributed by atoms with Crippen LogP contribution in [-0.2, 0) is 4.79 Å². The number of hydrogen-bond donors (Lipinski definition) is 1. The predicted molar refractivity (Wildman–Crippen MR) is 86.9 cm³/mol. The molecule has 1 aromatic rings. The fourth-order valence-electron chi connectivity index (χ4n) is 2.99. The van der Waals surface area contributed by atoms with Crippen molar-refractivity contribution in [2.24, 2.45) is 17.1 Å². The van der Waals surface area contributed by atoms with Crippen molar-refractivity contribution < 1.29 is 4.79 Å². The van der Waals surface area contributed by atoms with Crippen molar-refractivity contribution in [3.8, 4) is 0 Å². The number of nitrogens with two attached hydrogens (primary N) is 1. The van der Waals surface area contributed by atoms with E-state index in [2.05, 4.69) is 13.8 Å². The van der Waals surface area contributed by atoms with Gasteiger partial charge in [0.15, 0.2) is 0 Å². The van der Waals surface area contributed by atoms with Crippen LogP contribution in [0.5, 0.6) is 0 Å². The van der Waals surface area contributed by atoms with Crippen LogP contribution in [0.4, 0.5) is 5.69 Å². The zero-order chi connectivity index (χ0) is 14.9. The summed E-state index contributed by atoms with van der Waals surface area (Å²) in [5, 5.41) is 0. The normalized spacial score (nSPS) is 20.6. The van der Waals surface area contributed by atoms with Crippen LogP contribution in [0, 0.1) is 11.3 Å². The zero-order valence-electron chi connectivity index (χ0n) is 12.3. The molecule has 0 aromatic heterocycles. The van der Waals surface area contributed by atoms with Crippen LogP contribution < -0.4 is 10.6 Å². The Balaban J connectivity index is 2.16. The summed E-state index contributed by atoms with van der Waals surface area (Å²) >= 11 is 4.94. The van der Waals surface area contributed by atoms with Gasteiger partial charge in [-0.15, -0.1) is 0 Å². The van der Waals surface area contributed by atoms with Gasteiger partial charge >= 0.3 is 0 Å². The Hall–Kier alpha value is -1.42. The van der Waals surface area contributed by atoms with Crippen LogP contribution >= 0.6 is 12.2 Å². The fraction of sp³-hybridized carbons (Fsp3) is 0.500. The van der Waals surface area contributed by atoms with Crippen molar-refractivity contribution in [3.05, 3.63) is 29.8 Å². The van der Waals surface area contributed by atoms with Crippen LogP contribution in [0.2, 0.25) is 0 Å². The molecule has 1 aromatic carbocycles. The van der Waals surface area contributed by atoms with Gasteiger partial charge in [-0.3, -0.25) is 4.79 Å². The van der Waals surface area contributed by atoms with Gasteiger partial charge in [-0.2, -0.15) is 0 Å². The standard InChI is InChI=1S/C16H22N2OS/c1-16(2)10-4-5-13(16)15(19)18(3)12-8-6-11(7-9-12)14(17)20/h6-9,13H,4-5,10H2,1-3H3,(H2,17,20). The first-order chi connectivity index (χ1) is 9.33. The molecule has 1 fully saturated rings. The highest BCUT2D eigenvalue weighted by Gasteiger charge is 2.40. The van der Waals surface area contributed by atoms with Crippen LogP contribution in [0.25, 0.3) is 0 Å². The molecule has 1 aliphatic rings. The van der Waals surface area contributed by atoms with Crippen LogP contribution in [-0.4, -0.2) is 17.9 Å². The minimum Gasteiger partial charge on any atom is -0.389 e. The van der Waals surface area contributed by atoms with Gasteiger partial charge in [-0.1, -0.05) is 32.5 Å². The van der Waals surface area contributed by atoms with Gasteiger partial charge in [0.2, 0.25) is 5.91 Å². The average Bonchev–Trinajstić information content (AvgIpc) is 2.76. The third-order valence-electron chi connectivity index (χ3n) is 4.43. The van der Waals surface area contributed by atoms with Crippen molar-refractivity contribution in [2.45, 2.75) is 33.1 Å². The minimum atomic E-state index is 0.101. The average molecular weight is 290 g/mol. The monoisotopic (exact) mass is 290 g/mol. The molecule has 20 heavy (non-hydrogen) atoms. The molecule has 2 rings (SSSR count). The molecule has 1 amide bonds. The highest BCUT2D eigenvalue weighted by atomic mass is 32.1. The molecule has 4 heteroatoms. The van der Waals surface area contributed by atoms with Crippen molar-refractivity contribution in [1.82, 2.24) is 0 Å². The number of hydrogen-bond acceptors (Lipinski definition) is 2. The minimum absolute atomic E-state index is 0.101. The zero-order valence-corrected chi connectivity index (χ0v) is 13.2. The quantitative estimate of drug-likeness (QED) is 0.870. The Morgan fingerprint density at radius 1 is 1.35 bits per heavy atom. The van der Waals surface area contributed by atoms with Crippen LogP contribution in [0.1, 0.15) is 38.7 Å². The van der Waals surface area contributed by atoms with E-state index in [0.29, 0.717) is 4.99 Å². The van der Waals surface area contributed by atoms with E-state index in [1.54, 1.807) is 4.90 Å². The number of rotatable bonds is 3. The highest BCUT2D eigenvalue weighted by Crippen LogP contribution is 2.43. The van der Waals surface area contributed by atoms with E-state index in [1.807, 2.05) is 31.3 Å². The van der Waals surface area contributed by atoms with Gasteiger partial charge < -0.3 is 10.6 Å². The van der Waals surface area contributed by atoms with Gasteiger partial charge in [-0.25, -0.2) is 0 Å². The van der Waals surface area contributed by atoms with Crippen molar-refractivity contribution in [3.63, 3.8) is 0 Å². The van der Waals surface area contributed by atoms with Gasteiger partial charge in [-0.05, 0) is 42.5 Å². The first kappa shape index (κ1) is 15.0. The second kappa shape index (κ2) is 5.52. The number of thiocarbonyl (C=S) groups is 1. The lowest BCUT2D eigenvalue weighted by molar-refractivity contribution is -0.124. The van der Waals surface area contributed by atoms with Crippen LogP contribution in [0.15, 0.2) is 24.3 Å². The van der Waals surface area contributed by atoms with E-state index in [4.69, 9.17) is 18.0 Å². The van der Waals surface area contributed by atoms with Gasteiger partial charge in [0.25, 0.3) is 0 Å². The Kier molecular flexibility index (Phi) is 4.14. The fourth-order valence-corrected chi connectivity index (χ4v) is 3.13. The summed E-state index contributed by atoms with van der Waals surface area (Å²) in [5.74, 6) is 0.318. The molecule has 0 radical (unpaired) electrons. The van der Waals surface area contributed by atoms with Crippen molar-refractivity contribution in [1.29, 1.82) is 0 Å². The van der Waals surface area contributed by atoms with E-state index in [-0.39, 0.29) is 17.2 Å².